The smallest absolute Gasteiger partial charge is 0.316 e. The van der Waals surface area contributed by atoms with Crippen molar-refractivity contribution in [3.05, 3.63) is 84.2 Å². The van der Waals surface area contributed by atoms with Crippen LogP contribution in [0.25, 0.3) is 0 Å². The van der Waals surface area contributed by atoms with Crippen molar-refractivity contribution in [3.63, 3.8) is 0 Å². The molecule has 0 aliphatic carbocycles. The van der Waals surface area contributed by atoms with Crippen LogP contribution in [0.2, 0.25) is 0 Å². The van der Waals surface area contributed by atoms with Gasteiger partial charge in [0.2, 0.25) is 5.91 Å². The SMILES string of the molecule is CCN(C(=O)C(Cc1cnn(Cc2ccccc2)c1)C(=O)O)c1ccccc1. The third kappa shape index (κ3) is 4.65. The molecule has 2 aromatic carbocycles. The van der Waals surface area contributed by atoms with Crippen LogP contribution in [0.5, 0.6) is 0 Å². The molecule has 0 saturated heterocycles. The van der Waals surface area contributed by atoms with E-state index in [-0.39, 0.29) is 6.42 Å². The number of aromatic nitrogens is 2. The Morgan fingerprint density at radius 1 is 1.04 bits per heavy atom. The van der Waals surface area contributed by atoms with Gasteiger partial charge in [0.25, 0.3) is 0 Å². The highest BCUT2D eigenvalue weighted by Gasteiger charge is 2.31. The molecular weight excluding hydrogens is 354 g/mol. The zero-order chi connectivity index (χ0) is 19.9. The van der Waals surface area contributed by atoms with Gasteiger partial charge in [0.1, 0.15) is 5.92 Å². The number of amides is 1. The molecule has 1 amide bonds. The van der Waals surface area contributed by atoms with Gasteiger partial charge < -0.3 is 10.0 Å². The molecule has 0 fully saturated rings. The number of benzene rings is 2. The fraction of sp³-hybridized carbons (Fsp3) is 0.227. The summed E-state index contributed by atoms with van der Waals surface area (Å²) in [5, 5.41) is 14.0. The van der Waals surface area contributed by atoms with Gasteiger partial charge in [0.05, 0.1) is 12.7 Å². The highest BCUT2D eigenvalue weighted by molar-refractivity contribution is 6.05. The van der Waals surface area contributed by atoms with Crippen molar-refractivity contribution in [1.82, 2.24) is 9.78 Å². The summed E-state index contributed by atoms with van der Waals surface area (Å²) in [6.45, 7) is 2.83. The van der Waals surface area contributed by atoms with Crippen molar-refractivity contribution in [2.75, 3.05) is 11.4 Å². The first-order valence-corrected chi connectivity index (χ1v) is 9.23. The Hall–Kier alpha value is -3.41. The highest BCUT2D eigenvalue weighted by atomic mass is 16.4. The molecule has 0 saturated carbocycles. The van der Waals surface area contributed by atoms with Crippen molar-refractivity contribution < 1.29 is 14.7 Å². The standard InChI is InChI=1S/C22H23N3O3/c1-2-25(19-11-7-4-8-12-19)21(26)20(22(27)28)13-18-14-23-24(16-18)15-17-9-5-3-6-10-17/h3-12,14,16,20H,2,13,15H2,1H3,(H,27,28). The molecular formula is C22H23N3O3. The van der Waals surface area contributed by atoms with E-state index in [4.69, 9.17) is 0 Å². The van der Waals surface area contributed by atoms with E-state index < -0.39 is 17.8 Å². The molecule has 144 valence electrons. The van der Waals surface area contributed by atoms with E-state index >= 15 is 0 Å². The Morgan fingerprint density at radius 2 is 1.68 bits per heavy atom. The Morgan fingerprint density at radius 3 is 2.29 bits per heavy atom. The predicted octanol–water partition coefficient (Wildman–Crippen LogP) is 3.23. The van der Waals surface area contributed by atoms with E-state index in [1.807, 2.05) is 55.5 Å². The monoisotopic (exact) mass is 377 g/mol. The second-order valence-electron chi connectivity index (χ2n) is 6.54. The molecule has 0 aliphatic rings. The second kappa shape index (κ2) is 8.99. The molecule has 0 aliphatic heterocycles. The van der Waals surface area contributed by atoms with Crippen LogP contribution < -0.4 is 4.90 Å². The first-order valence-electron chi connectivity index (χ1n) is 9.23. The van der Waals surface area contributed by atoms with Crippen LogP contribution in [0.1, 0.15) is 18.1 Å². The van der Waals surface area contributed by atoms with E-state index in [9.17, 15) is 14.7 Å². The van der Waals surface area contributed by atoms with Crippen LogP contribution in [-0.2, 0) is 22.6 Å². The van der Waals surface area contributed by atoms with Crippen molar-refractivity contribution in [2.24, 2.45) is 5.92 Å². The van der Waals surface area contributed by atoms with Crippen LogP contribution in [0.4, 0.5) is 5.69 Å². The zero-order valence-electron chi connectivity index (χ0n) is 15.7. The van der Waals surface area contributed by atoms with Crippen molar-refractivity contribution >= 4 is 17.6 Å². The summed E-state index contributed by atoms with van der Waals surface area (Å²) in [6, 6.07) is 19.0. The zero-order valence-corrected chi connectivity index (χ0v) is 15.7. The molecule has 1 N–H and O–H groups in total. The lowest BCUT2D eigenvalue weighted by Crippen LogP contribution is -2.40. The van der Waals surface area contributed by atoms with Gasteiger partial charge in [0, 0.05) is 18.4 Å². The first-order chi connectivity index (χ1) is 13.6. The number of nitrogens with zero attached hydrogens (tertiary/aromatic N) is 3. The Labute approximate surface area is 164 Å². The highest BCUT2D eigenvalue weighted by Crippen LogP contribution is 2.19. The average Bonchev–Trinajstić information content (AvgIpc) is 3.15. The second-order valence-corrected chi connectivity index (χ2v) is 6.54. The van der Waals surface area contributed by atoms with Gasteiger partial charge in [-0.3, -0.25) is 14.3 Å². The molecule has 3 aromatic rings. The normalized spacial score (nSPS) is 11.8. The number of aliphatic carboxylic acids is 1. The lowest BCUT2D eigenvalue weighted by atomic mass is 9.99. The van der Waals surface area contributed by atoms with Crippen LogP contribution in [0, 0.1) is 5.92 Å². The average molecular weight is 377 g/mol. The van der Waals surface area contributed by atoms with E-state index in [1.165, 1.54) is 4.90 Å². The minimum absolute atomic E-state index is 0.103. The number of para-hydroxylation sites is 1. The summed E-state index contributed by atoms with van der Waals surface area (Å²) in [6.07, 6.45) is 3.53. The molecule has 0 radical (unpaired) electrons. The third-order valence-electron chi connectivity index (χ3n) is 4.56. The largest absolute Gasteiger partial charge is 0.481 e. The van der Waals surface area contributed by atoms with Gasteiger partial charge in [-0.15, -0.1) is 0 Å². The van der Waals surface area contributed by atoms with Gasteiger partial charge >= 0.3 is 5.97 Å². The molecule has 1 unspecified atom stereocenters. The summed E-state index contributed by atoms with van der Waals surface area (Å²) in [5.74, 6) is -2.71. The maximum atomic E-state index is 12.9. The fourth-order valence-electron chi connectivity index (χ4n) is 3.15. The van der Waals surface area contributed by atoms with E-state index in [0.717, 1.165) is 11.1 Å². The van der Waals surface area contributed by atoms with Crippen LogP contribution >= 0.6 is 0 Å². The predicted molar refractivity (Wildman–Crippen MR) is 107 cm³/mol. The van der Waals surface area contributed by atoms with E-state index in [0.29, 0.717) is 18.8 Å². The minimum atomic E-state index is -1.16. The van der Waals surface area contributed by atoms with Crippen molar-refractivity contribution in [1.29, 1.82) is 0 Å². The van der Waals surface area contributed by atoms with Gasteiger partial charge in [-0.25, -0.2) is 0 Å². The number of carbonyl (C=O) groups excluding carboxylic acids is 1. The Bertz CT molecular complexity index is 922. The maximum Gasteiger partial charge on any atom is 0.316 e. The number of hydrogen-bond donors (Lipinski definition) is 1. The van der Waals surface area contributed by atoms with Gasteiger partial charge in [-0.2, -0.15) is 5.10 Å². The summed E-state index contributed by atoms with van der Waals surface area (Å²) >= 11 is 0. The third-order valence-corrected chi connectivity index (χ3v) is 4.56. The maximum absolute atomic E-state index is 12.9. The lowest BCUT2D eigenvalue weighted by molar-refractivity contribution is -0.146. The molecule has 0 spiro atoms. The molecule has 6 nitrogen and oxygen atoms in total. The summed E-state index contributed by atoms with van der Waals surface area (Å²) in [5.41, 5.74) is 2.52. The number of carboxylic acids is 1. The molecule has 3 rings (SSSR count). The molecule has 1 aromatic heterocycles. The minimum Gasteiger partial charge on any atom is -0.481 e. The van der Waals surface area contributed by atoms with Crippen LogP contribution in [0.15, 0.2) is 73.1 Å². The number of hydrogen-bond acceptors (Lipinski definition) is 3. The first kappa shape index (κ1) is 19.4. The Balaban J connectivity index is 1.74. The van der Waals surface area contributed by atoms with E-state index in [2.05, 4.69) is 5.10 Å². The lowest BCUT2D eigenvalue weighted by Gasteiger charge is -2.24. The quantitative estimate of drug-likeness (QED) is 0.612. The number of rotatable bonds is 8. The number of carbonyl (C=O) groups is 2. The molecule has 28 heavy (non-hydrogen) atoms. The summed E-state index contributed by atoms with van der Waals surface area (Å²) in [7, 11) is 0. The molecule has 1 heterocycles. The van der Waals surface area contributed by atoms with Crippen molar-refractivity contribution in [3.8, 4) is 0 Å². The summed E-state index contributed by atoms with van der Waals surface area (Å²) < 4.78 is 1.75. The molecule has 1 atom stereocenters. The Kier molecular flexibility index (Phi) is 6.22. The van der Waals surface area contributed by atoms with E-state index in [1.54, 1.807) is 29.2 Å². The van der Waals surface area contributed by atoms with Crippen molar-refractivity contribution in [2.45, 2.75) is 19.9 Å². The van der Waals surface area contributed by atoms with Gasteiger partial charge in [-0.1, -0.05) is 48.5 Å². The topological polar surface area (TPSA) is 75.4 Å². The fourth-order valence-corrected chi connectivity index (χ4v) is 3.15. The van der Waals surface area contributed by atoms with Crippen LogP contribution in [-0.4, -0.2) is 33.3 Å². The summed E-state index contributed by atoms with van der Waals surface area (Å²) in [4.78, 5) is 26.3. The molecule has 0 bridgehead atoms. The number of anilines is 1. The van der Waals surface area contributed by atoms with Crippen LogP contribution in [0.3, 0.4) is 0 Å². The van der Waals surface area contributed by atoms with Gasteiger partial charge in [0.15, 0.2) is 0 Å². The molecule has 6 heteroatoms. The number of carboxylic acid groups (broad SMARTS) is 1. The van der Waals surface area contributed by atoms with Gasteiger partial charge in [-0.05, 0) is 36.6 Å².